The number of anilines is 2. The number of carbonyl (C=O) groups is 2. The molecule has 0 atom stereocenters. The van der Waals surface area contributed by atoms with Crippen molar-refractivity contribution >= 4 is 23.2 Å². The van der Waals surface area contributed by atoms with Gasteiger partial charge in [0.15, 0.2) is 0 Å². The lowest BCUT2D eigenvalue weighted by Crippen LogP contribution is -2.28. The third kappa shape index (κ3) is 3.44. The van der Waals surface area contributed by atoms with Crippen LogP contribution < -0.4 is 10.2 Å². The number of nitrogens with one attached hydrogen (secondary N) is 1. The first kappa shape index (κ1) is 17.0. The van der Waals surface area contributed by atoms with Crippen LogP contribution in [-0.4, -0.2) is 23.3 Å². The molecule has 1 aliphatic rings. The Labute approximate surface area is 157 Å². The molecule has 2 heterocycles. The molecule has 27 heavy (non-hydrogen) atoms. The molecule has 2 aromatic carbocycles. The highest BCUT2D eigenvalue weighted by Gasteiger charge is 2.26. The molecule has 1 aliphatic heterocycles. The summed E-state index contributed by atoms with van der Waals surface area (Å²) in [7, 11) is 0. The average molecular weight is 357 g/mol. The summed E-state index contributed by atoms with van der Waals surface area (Å²) in [6.45, 7) is 2.58. The number of aromatic nitrogens is 1. The van der Waals surface area contributed by atoms with Crippen molar-refractivity contribution in [3.8, 4) is 0 Å². The molecule has 4 rings (SSSR count). The van der Waals surface area contributed by atoms with Crippen molar-refractivity contribution in [2.75, 3.05) is 16.8 Å². The molecule has 1 aromatic heterocycles. The third-order valence-electron chi connectivity index (χ3n) is 4.67. The zero-order valence-corrected chi connectivity index (χ0v) is 15.0. The number of carbonyl (C=O) groups excluding carboxylic acids is 2. The third-order valence-corrected chi connectivity index (χ3v) is 4.67. The predicted molar refractivity (Wildman–Crippen MR) is 105 cm³/mol. The standard InChI is InChI=1S/C22H19N3O2/c1-15-4-2-5-17(12-15)21(26)24-19-7-8-20-16(13-19)9-11-25(20)22(27)18-6-3-10-23-14-18/h2-8,10,12-14H,9,11H2,1H3,(H,24,26). The van der Waals surface area contributed by atoms with Crippen LogP contribution in [0.5, 0.6) is 0 Å². The lowest BCUT2D eigenvalue weighted by Gasteiger charge is -2.17. The molecule has 0 fully saturated rings. The van der Waals surface area contributed by atoms with E-state index in [0.717, 1.165) is 28.9 Å². The molecular weight excluding hydrogens is 338 g/mol. The highest BCUT2D eigenvalue weighted by molar-refractivity contribution is 6.08. The number of hydrogen-bond donors (Lipinski definition) is 1. The molecule has 3 aromatic rings. The highest BCUT2D eigenvalue weighted by Crippen LogP contribution is 2.31. The fourth-order valence-corrected chi connectivity index (χ4v) is 3.33. The van der Waals surface area contributed by atoms with Gasteiger partial charge in [0.2, 0.25) is 0 Å². The molecule has 1 N–H and O–H groups in total. The second-order valence-electron chi connectivity index (χ2n) is 6.62. The van der Waals surface area contributed by atoms with Gasteiger partial charge in [0.1, 0.15) is 0 Å². The van der Waals surface area contributed by atoms with E-state index in [-0.39, 0.29) is 11.8 Å². The van der Waals surface area contributed by atoms with Crippen LogP contribution >= 0.6 is 0 Å². The first-order valence-corrected chi connectivity index (χ1v) is 8.85. The average Bonchev–Trinajstić information content (AvgIpc) is 3.11. The van der Waals surface area contributed by atoms with Crippen molar-refractivity contribution in [1.82, 2.24) is 4.98 Å². The zero-order chi connectivity index (χ0) is 18.8. The van der Waals surface area contributed by atoms with E-state index < -0.39 is 0 Å². The number of benzene rings is 2. The largest absolute Gasteiger partial charge is 0.322 e. The van der Waals surface area contributed by atoms with Crippen molar-refractivity contribution in [2.24, 2.45) is 0 Å². The van der Waals surface area contributed by atoms with Crippen molar-refractivity contribution in [3.63, 3.8) is 0 Å². The molecule has 0 saturated carbocycles. The Morgan fingerprint density at radius 2 is 1.89 bits per heavy atom. The van der Waals surface area contributed by atoms with E-state index >= 15 is 0 Å². The topological polar surface area (TPSA) is 62.3 Å². The number of aryl methyl sites for hydroxylation is 1. The molecule has 0 unspecified atom stereocenters. The molecule has 2 amide bonds. The lowest BCUT2D eigenvalue weighted by molar-refractivity contribution is 0.0987. The minimum atomic E-state index is -0.139. The number of amides is 2. The summed E-state index contributed by atoms with van der Waals surface area (Å²) in [5.41, 5.74) is 4.91. The molecular formula is C22H19N3O2. The monoisotopic (exact) mass is 357 g/mol. The van der Waals surface area contributed by atoms with Crippen LogP contribution in [0, 0.1) is 6.92 Å². The Kier molecular flexibility index (Phi) is 4.42. The summed E-state index contributed by atoms with van der Waals surface area (Å²) in [6, 6.07) is 16.7. The van der Waals surface area contributed by atoms with E-state index in [1.807, 2.05) is 43.3 Å². The van der Waals surface area contributed by atoms with E-state index in [2.05, 4.69) is 10.3 Å². The van der Waals surface area contributed by atoms with E-state index in [0.29, 0.717) is 17.7 Å². The number of fused-ring (bicyclic) bond motifs is 1. The minimum absolute atomic E-state index is 0.0570. The van der Waals surface area contributed by atoms with Crippen LogP contribution in [0.3, 0.4) is 0 Å². The van der Waals surface area contributed by atoms with Gasteiger partial charge in [0, 0.05) is 35.9 Å². The molecule has 0 radical (unpaired) electrons. The maximum atomic E-state index is 12.7. The van der Waals surface area contributed by atoms with Gasteiger partial charge < -0.3 is 10.2 Å². The SMILES string of the molecule is Cc1cccc(C(=O)Nc2ccc3c(c2)CCN3C(=O)c2cccnc2)c1. The molecule has 0 spiro atoms. The smallest absolute Gasteiger partial charge is 0.259 e. The summed E-state index contributed by atoms with van der Waals surface area (Å²) in [5.74, 6) is -0.196. The Morgan fingerprint density at radius 3 is 2.67 bits per heavy atom. The quantitative estimate of drug-likeness (QED) is 0.774. The first-order chi connectivity index (χ1) is 13.1. The second-order valence-corrected chi connectivity index (χ2v) is 6.62. The van der Waals surface area contributed by atoms with Gasteiger partial charge in [-0.2, -0.15) is 0 Å². The lowest BCUT2D eigenvalue weighted by atomic mass is 10.1. The van der Waals surface area contributed by atoms with Crippen molar-refractivity contribution in [3.05, 3.63) is 89.2 Å². The fourth-order valence-electron chi connectivity index (χ4n) is 3.33. The number of pyridine rings is 1. The van der Waals surface area contributed by atoms with Gasteiger partial charge in [-0.15, -0.1) is 0 Å². The maximum absolute atomic E-state index is 12.7. The Morgan fingerprint density at radius 1 is 1.04 bits per heavy atom. The fraction of sp³-hybridized carbons (Fsp3) is 0.136. The highest BCUT2D eigenvalue weighted by atomic mass is 16.2. The summed E-state index contributed by atoms with van der Waals surface area (Å²) >= 11 is 0. The molecule has 5 nitrogen and oxygen atoms in total. The summed E-state index contributed by atoms with van der Waals surface area (Å²) in [4.78, 5) is 30.9. The Balaban J connectivity index is 1.53. The van der Waals surface area contributed by atoms with E-state index in [1.165, 1.54) is 0 Å². The molecule has 0 saturated heterocycles. The molecule has 5 heteroatoms. The van der Waals surface area contributed by atoms with Gasteiger partial charge in [-0.25, -0.2) is 0 Å². The Hall–Kier alpha value is -3.47. The summed E-state index contributed by atoms with van der Waals surface area (Å²) in [5, 5.41) is 2.94. The van der Waals surface area contributed by atoms with Gasteiger partial charge in [-0.05, 0) is 61.4 Å². The Bertz CT molecular complexity index is 1020. The number of nitrogens with zero attached hydrogens (tertiary/aromatic N) is 2. The van der Waals surface area contributed by atoms with E-state index in [9.17, 15) is 9.59 Å². The van der Waals surface area contributed by atoms with Gasteiger partial charge in [-0.1, -0.05) is 17.7 Å². The van der Waals surface area contributed by atoms with Crippen LogP contribution in [0.4, 0.5) is 11.4 Å². The maximum Gasteiger partial charge on any atom is 0.259 e. The predicted octanol–water partition coefficient (Wildman–Crippen LogP) is 3.85. The van der Waals surface area contributed by atoms with Crippen LogP contribution in [0.25, 0.3) is 0 Å². The normalized spacial score (nSPS) is 12.6. The number of rotatable bonds is 3. The first-order valence-electron chi connectivity index (χ1n) is 8.85. The molecule has 0 aliphatic carbocycles. The molecule has 0 bridgehead atoms. The summed E-state index contributed by atoms with van der Waals surface area (Å²) in [6.07, 6.45) is 3.99. The van der Waals surface area contributed by atoms with Gasteiger partial charge in [0.25, 0.3) is 11.8 Å². The van der Waals surface area contributed by atoms with Crippen LogP contribution in [-0.2, 0) is 6.42 Å². The van der Waals surface area contributed by atoms with E-state index in [4.69, 9.17) is 0 Å². The van der Waals surface area contributed by atoms with E-state index in [1.54, 1.807) is 35.5 Å². The van der Waals surface area contributed by atoms with Crippen LogP contribution in [0.15, 0.2) is 67.0 Å². The van der Waals surface area contributed by atoms with Crippen LogP contribution in [0.1, 0.15) is 31.8 Å². The van der Waals surface area contributed by atoms with Gasteiger partial charge in [0.05, 0.1) is 5.56 Å². The minimum Gasteiger partial charge on any atom is -0.322 e. The molecule has 134 valence electrons. The zero-order valence-electron chi connectivity index (χ0n) is 15.0. The van der Waals surface area contributed by atoms with Gasteiger partial charge >= 0.3 is 0 Å². The van der Waals surface area contributed by atoms with Crippen LogP contribution in [0.2, 0.25) is 0 Å². The van der Waals surface area contributed by atoms with Crippen molar-refractivity contribution < 1.29 is 9.59 Å². The van der Waals surface area contributed by atoms with Crippen molar-refractivity contribution in [2.45, 2.75) is 13.3 Å². The summed E-state index contributed by atoms with van der Waals surface area (Å²) < 4.78 is 0. The van der Waals surface area contributed by atoms with Gasteiger partial charge in [-0.3, -0.25) is 14.6 Å². The van der Waals surface area contributed by atoms with Crippen molar-refractivity contribution in [1.29, 1.82) is 0 Å². The number of hydrogen-bond acceptors (Lipinski definition) is 3. The second kappa shape index (κ2) is 7.03.